The Labute approximate surface area is 112 Å². The van der Waals surface area contributed by atoms with E-state index in [9.17, 15) is 8.42 Å². The molecular weight excluding hydrogens is 264 g/mol. The summed E-state index contributed by atoms with van der Waals surface area (Å²) in [6.45, 7) is 1.72. The van der Waals surface area contributed by atoms with E-state index in [2.05, 4.69) is 4.98 Å². The van der Waals surface area contributed by atoms with E-state index >= 15 is 0 Å². The molecular formula is C12H16N4O2S. The van der Waals surface area contributed by atoms with Gasteiger partial charge in [-0.15, -0.1) is 0 Å². The molecule has 19 heavy (non-hydrogen) atoms. The Hall–Kier alpha value is -1.86. The predicted octanol–water partition coefficient (Wildman–Crippen LogP) is 0.958. The summed E-state index contributed by atoms with van der Waals surface area (Å²) in [5.41, 5.74) is 13.1. The van der Waals surface area contributed by atoms with Crippen molar-refractivity contribution >= 4 is 32.4 Å². The van der Waals surface area contributed by atoms with Crippen LogP contribution < -0.4 is 11.5 Å². The van der Waals surface area contributed by atoms with E-state index in [0.29, 0.717) is 28.0 Å². The van der Waals surface area contributed by atoms with Crippen LogP contribution in [0.15, 0.2) is 23.1 Å². The van der Waals surface area contributed by atoms with Crippen LogP contribution in [-0.2, 0) is 10.0 Å². The molecule has 0 radical (unpaired) electrons. The van der Waals surface area contributed by atoms with E-state index < -0.39 is 10.0 Å². The summed E-state index contributed by atoms with van der Waals surface area (Å²) in [7, 11) is -0.528. The van der Waals surface area contributed by atoms with Crippen LogP contribution in [0.25, 0.3) is 10.9 Å². The Morgan fingerprint density at radius 1 is 1.21 bits per heavy atom. The second-order valence-corrected chi connectivity index (χ2v) is 6.63. The molecule has 1 aromatic carbocycles. The van der Waals surface area contributed by atoms with Crippen molar-refractivity contribution in [3.8, 4) is 0 Å². The molecule has 0 unspecified atom stereocenters. The minimum Gasteiger partial charge on any atom is -0.398 e. The standard InChI is InChI=1S/C12H16N4O2S/c1-7-10(19(17,18)16(2)3)5-4-9-12(7)8(13)6-11(14)15-9/h4-6H,1-3H3,(H4,13,14,15). The monoisotopic (exact) mass is 280 g/mol. The van der Waals surface area contributed by atoms with Crippen LogP contribution in [0.3, 0.4) is 0 Å². The maximum atomic E-state index is 12.2. The Morgan fingerprint density at radius 2 is 1.84 bits per heavy atom. The number of aryl methyl sites for hydroxylation is 1. The van der Waals surface area contributed by atoms with Gasteiger partial charge in [-0.1, -0.05) is 0 Å². The van der Waals surface area contributed by atoms with Crippen molar-refractivity contribution < 1.29 is 8.42 Å². The predicted molar refractivity (Wildman–Crippen MR) is 76.2 cm³/mol. The average molecular weight is 280 g/mol. The van der Waals surface area contributed by atoms with Crippen LogP contribution in [0.1, 0.15) is 5.56 Å². The molecule has 0 saturated heterocycles. The zero-order valence-corrected chi connectivity index (χ0v) is 11.8. The van der Waals surface area contributed by atoms with Crippen molar-refractivity contribution in [2.24, 2.45) is 0 Å². The van der Waals surface area contributed by atoms with Crippen molar-refractivity contribution in [1.82, 2.24) is 9.29 Å². The fourth-order valence-electron chi connectivity index (χ4n) is 2.01. The first-order valence-electron chi connectivity index (χ1n) is 5.63. The van der Waals surface area contributed by atoms with Gasteiger partial charge < -0.3 is 11.5 Å². The summed E-state index contributed by atoms with van der Waals surface area (Å²) < 4.78 is 25.6. The van der Waals surface area contributed by atoms with Crippen LogP contribution >= 0.6 is 0 Å². The molecule has 0 aliphatic carbocycles. The summed E-state index contributed by atoms with van der Waals surface area (Å²) in [5, 5.41) is 0.622. The smallest absolute Gasteiger partial charge is 0.242 e. The number of sulfonamides is 1. The molecule has 7 heteroatoms. The highest BCUT2D eigenvalue weighted by molar-refractivity contribution is 7.89. The van der Waals surface area contributed by atoms with Gasteiger partial charge in [0.1, 0.15) is 5.82 Å². The zero-order valence-electron chi connectivity index (χ0n) is 11.0. The highest BCUT2D eigenvalue weighted by Crippen LogP contribution is 2.30. The van der Waals surface area contributed by atoms with Gasteiger partial charge in [-0.2, -0.15) is 0 Å². The van der Waals surface area contributed by atoms with Crippen molar-refractivity contribution in [2.45, 2.75) is 11.8 Å². The van der Waals surface area contributed by atoms with E-state index in [1.807, 2.05) is 0 Å². The Kier molecular flexibility index (Phi) is 3.11. The molecule has 0 aliphatic heterocycles. The fraction of sp³-hybridized carbons (Fsp3) is 0.250. The maximum absolute atomic E-state index is 12.2. The molecule has 0 saturated carbocycles. The molecule has 0 amide bonds. The van der Waals surface area contributed by atoms with Gasteiger partial charge in [0.15, 0.2) is 0 Å². The van der Waals surface area contributed by atoms with E-state index in [1.165, 1.54) is 30.5 Å². The lowest BCUT2D eigenvalue weighted by atomic mass is 10.1. The number of hydrogen-bond donors (Lipinski definition) is 2. The van der Waals surface area contributed by atoms with Crippen LogP contribution in [0, 0.1) is 6.92 Å². The largest absolute Gasteiger partial charge is 0.398 e. The van der Waals surface area contributed by atoms with Gasteiger partial charge in [-0.05, 0) is 24.6 Å². The van der Waals surface area contributed by atoms with Crippen LogP contribution in [-0.4, -0.2) is 31.8 Å². The molecule has 1 heterocycles. The Balaban J connectivity index is 2.86. The average Bonchev–Trinajstić information content (AvgIpc) is 2.27. The first-order chi connectivity index (χ1) is 8.75. The number of anilines is 2. The molecule has 0 bridgehead atoms. The third kappa shape index (κ3) is 2.11. The first-order valence-corrected chi connectivity index (χ1v) is 7.07. The van der Waals surface area contributed by atoms with Crippen LogP contribution in [0.2, 0.25) is 0 Å². The summed E-state index contributed by atoms with van der Waals surface area (Å²) in [4.78, 5) is 4.38. The fourth-order valence-corrected chi connectivity index (χ4v) is 3.14. The van der Waals surface area contributed by atoms with E-state index in [1.54, 1.807) is 13.0 Å². The Bertz CT molecular complexity index is 754. The second-order valence-electron chi connectivity index (χ2n) is 4.51. The summed E-state index contributed by atoms with van der Waals surface area (Å²) in [6, 6.07) is 4.67. The number of pyridine rings is 1. The number of fused-ring (bicyclic) bond motifs is 1. The minimum absolute atomic E-state index is 0.225. The third-order valence-corrected chi connectivity index (χ3v) is 4.95. The second kappa shape index (κ2) is 4.36. The zero-order chi connectivity index (χ0) is 14.4. The third-order valence-electron chi connectivity index (χ3n) is 2.99. The molecule has 102 valence electrons. The summed E-state index contributed by atoms with van der Waals surface area (Å²) in [5.74, 6) is 0.313. The molecule has 0 aliphatic rings. The van der Waals surface area contributed by atoms with Crippen molar-refractivity contribution in [3.05, 3.63) is 23.8 Å². The molecule has 1 aromatic heterocycles. The number of aromatic nitrogens is 1. The van der Waals surface area contributed by atoms with E-state index in [4.69, 9.17) is 11.5 Å². The number of nitrogen functional groups attached to an aromatic ring is 2. The SMILES string of the molecule is Cc1c(S(=O)(=O)N(C)C)ccc2nc(N)cc(N)c12. The topological polar surface area (TPSA) is 102 Å². The molecule has 2 aromatic rings. The summed E-state index contributed by atoms with van der Waals surface area (Å²) >= 11 is 0. The van der Waals surface area contributed by atoms with Gasteiger partial charge in [-0.25, -0.2) is 17.7 Å². The van der Waals surface area contributed by atoms with Gasteiger partial charge in [0.2, 0.25) is 10.0 Å². The van der Waals surface area contributed by atoms with Gasteiger partial charge in [0.25, 0.3) is 0 Å². The normalized spacial score (nSPS) is 12.2. The number of rotatable bonds is 2. The highest BCUT2D eigenvalue weighted by atomic mass is 32.2. The van der Waals surface area contributed by atoms with Crippen molar-refractivity contribution in [1.29, 1.82) is 0 Å². The number of nitrogens with zero attached hydrogens (tertiary/aromatic N) is 2. The highest BCUT2D eigenvalue weighted by Gasteiger charge is 2.21. The van der Waals surface area contributed by atoms with Gasteiger partial charge >= 0.3 is 0 Å². The molecule has 6 nitrogen and oxygen atoms in total. The maximum Gasteiger partial charge on any atom is 0.242 e. The molecule has 0 atom stereocenters. The lowest BCUT2D eigenvalue weighted by Gasteiger charge is -2.15. The van der Waals surface area contributed by atoms with Crippen LogP contribution in [0.4, 0.5) is 11.5 Å². The van der Waals surface area contributed by atoms with Crippen LogP contribution in [0.5, 0.6) is 0 Å². The number of nitrogens with two attached hydrogens (primary N) is 2. The molecule has 0 fully saturated rings. The van der Waals surface area contributed by atoms with E-state index in [-0.39, 0.29) is 4.90 Å². The summed E-state index contributed by atoms with van der Waals surface area (Å²) in [6.07, 6.45) is 0. The molecule has 4 N–H and O–H groups in total. The quantitative estimate of drug-likeness (QED) is 0.853. The van der Waals surface area contributed by atoms with E-state index in [0.717, 1.165) is 0 Å². The Morgan fingerprint density at radius 3 is 2.42 bits per heavy atom. The van der Waals surface area contributed by atoms with Crippen molar-refractivity contribution in [2.75, 3.05) is 25.6 Å². The van der Waals surface area contributed by atoms with Gasteiger partial charge in [0.05, 0.1) is 10.4 Å². The molecule has 2 rings (SSSR count). The van der Waals surface area contributed by atoms with Gasteiger partial charge in [0, 0.05) is 31.2 Å². The lowest BCUT2D eigenvalue weighted by molar-refractivity contribution is 0.520. The number of benzene rings is 1. The number of hydrogen-bond acceptors (Lipinski definition) is 5. The van der Waals surface area contributed by atoms with Crippen molar-refractivity contribution in [3.63, 3.8) is 0 Å². The minimum atomic E-state index is -3.51. The lowest BCUT2D eigenvalue weighted by Crippen LogP contribution is -2.23. The first kappa shape index (κ1) is 13.6. The van der Waals surface area contributed by atoms with Gasteiger partial charge in [-0.3, -0.25) is 0 Å². The molecule has 0 spiro atoms.